The van der Waals surface area contributed by atoms with Crippen LogP contribution in [-0.2, 0) is 4.79 Å². The second-order valence-corrected chi connectivity index (χ2v) is 3.95. The molecule has 0 fully saturated rings. The molecule has 0 bridgehead atoms. The van der Waals surface area contributed by atoms with Crippen LogP contribution in [0.5, 0.6) is 0 Å². The lowest BCUT2D eigenvalue weighted by Crippen LogP contribution is -2.15. The zero-order valence-electron chi connectivity index (χ0n) is 8.70. The highest BCUT2D eigenvalue weighted by molar-refractivity contribution is 8.04. The molecule has 1 amide bonds. The van der Waals surface area contributed by atoms with Crippen LogP contribution in [0.4, 0.5) is 5.69 Å². The monoisotopic (exact) mass is 220 g/mol. The SMILES string of the molecule is Cc1cccc(C)c1NC(=O)CSC#N. The number of thiocyanates is 1. The molecule has 78 valence electrons. The van der Waals surface area contributed by atoms with E-state index in [-0.39, 0.29) is 11.7 Å². The molecule has 1 aromatic carbocycles. The Bertz CT molecular complexity index is 389. The highest BCUT2D eigenvalue weighted by Crippen LogP contribution is 2.19. The Morgan fingerprint density at radius 3 is 2.60 bits per heavy atom. The molecule has 1 aromatic rings. The number of amides is 1. The predicted molar refractivity (Wildman–Crippen MR) is 62.6 cm³/mol. The van der Waals surface area contributed by atoms with Crippen LogP contribution in [0.2, 0.25) is 0 Å². The van der Waals surface area contributed by atoms with Gasteiger partial charge in [0.25, 0.3) is 0 Å². The van der Waals surface area contributed by atoms with E-state index < -0.39 is 0 Å². The zero-order chi connectivity index (χ0) is 11.3. The van der Waals surface area contributed by atoms with Crippen molar-refractivity contribution >= 4 is 23.4 Å². The normalized spacial score (nSPS) is 9.40. The molecule has 0 aliphatic rings. The fourth-order valence-electron chi connectivity index (χ4n) is 1.28. The Morgan fingerprint density at radius 2 is 2.07 bits per heavy atom. The van der Waals surface area contributed by atoms with Crippen molar-refractivity contribution in [1.29, 1.82) is 5.26 Å². The third-order valence-corrected chi connectivity index (χ3v) is 2.55. The van der Waals surface area contributed by atoms with Gasteiger partial charge in [0.1, 0.15) is 5.40 Å². The van der Waals surface area contributed by atoms with Gasteiger partial charge in [-0.15, -0.1) is 0 Å². The average molecular weight is 220 g/mol. The highest BCUT2D eigenvalue weighted by Gasteiger charge is 2.06. The van der Waals surface area contributed by atoms with E-state index >= 15 is 0 Å². The fraction of sp³-hybridized carbons (Fsp3) is 0.273. The van der Waals surface area contributed by atoms with Crippen molar-refractivity contribution in [2.75, 3.05) is 11.1 Å². The molecule has 0 heterocycles. The van der Waals surface area contributed by atoms with Crippen LogP contribution in [0.1, 0.15) is 11.1 Å². The van der Waals surface area contributed by atoms with Crippen LogP contribution >= 0.6 is 11.8 Å². The Kier molecular flexibility index (Phi) is 4.19. The summed E-state index contributed by atoms with van der Waals surface area (Å²) >= 11 is 0.941. The van der Waals surface area contributed by atoms with Gasteiger partial charge in [0.05, 0.1) is 5.75 Å². The number of nitriles is 1. The number of anilines is 1. The van der Waals surface area contributed by atoms with Gasteiger partial charge in [0.15, 0.2) is 0 Å². The summed E-state index contributed by atoms with van der Waals surface area (Å²) in [7, 11) is 0. The molecule has 0 saturated carbocycles. The first kappa shape index (κ1) is 11.6. The van der Waals surface area contributed by atoms with Crippen molar-refractivity contribution in [2.45, 2.75) is 13.8 Å². The summed E-state index contributed by atoms with van der Waals surface area (Å²) in [6.45, 7) is 3.89. The van der Waals surface area contributed by atoms with Crippen molar-refractivity contribution in [3.05, 3.63) is 29.3 Å². The standard InChI is InChI=1S/C11H12N2OS/c1-8-4-3-5-9(2)11(8)13-10(14)6-15-7-12/h3-5H,6H2,1-2H3,(H,13,14). The van der Waals surface area contributed by atoms with Gasteiger partial charge in [-0.1, -0.05) is 18.2 Å². The molecule has 0 aliphatic heterocycles. The number of nitrogens with one attached hydrogen (secondary N) is 1. The molecule has 1 rings (SSSR count). The summed E-state index contributed by atoms with van der Waals surface area (Å²) in [5.41, 5.74) is 2.91. The van der Waals surface area contributed by atoms with Crippen molar-refractivity contribution in [3.63, 3.8) is 0 Å². The quantitative estimate of drug-likeness (QED) is 0.796. The van der Waals surface area contributed by atoms with Crippen molar-refractivity contribution in [1.82, 2.24) is 0 Å². The minimum absolute atomic E-state index is 0.140. The van der Waals surface area contributed by atoms with E-state index in [0.717, 1.165) is 28.6 Å². The lowest BCUT2D eigenvalue weighted by atomic mass is 10.1. The second kappa shape index (κ2) is 5.42. The number of thioether (sulfide) groups is 1. The van der Waals surface area contributed by atoms with Crippen molar-refractivity contribution in [3.8, 4) is 5.40 Å². The number of carbonyl (C=O) groups excluding carboxylic acids is 1. The fourth-order valence-corrected chi connectivity index (χ4v) is 1.55. The van der Waals surface area contributed by atoms with Gasteiger partial charge in [-0.05, 0) is 36.7 Å². The van der Waals surface area contributed by atoms with E-state index in [9.17, 15) is 4.79 Å². The Hall–Kier alpha value is -1.47. The first-order valence-corrected chi connectivity index (χ1v) is 5.50. The number of nitrogens with zero attached hydrogens (tertiary/aromatic N) is 1. The highest BCUT2D eigenvalue weighted by atomic mass is 32.2. The van der Waals surface area contributed by atoms with Gasteiger partial charge in [-0.3, -0.25) is 4.79 Å². The molecule has 3 nitrogen and oxygen atoms in total. The third kappa shape index (κ3) is 3.30. The summed E-state index contributed by atoms with van der Waals surface area (Å²) in [6, 6.07) is 5.84. The van der Waals surface area contributed by atoms with Gasteiger partial charge >= 0.3 is 0 Å². The van der Waals surface area contributed by atoms with E-state index in [4.69, 9.17) is 5.26 Å². The largest absolute Gasteiger partial charge is 0.325 e. The molecule has 0 unspecified atom stereocenters. The van der Waals surface area contributed by atoms with Gasteiger partial charge < -0.3 is 5.32 Å². The van der Waals surface area contributed by atoms with Crippen LogP contribution in [-0.4, -0.2) is 11.7 Å². The Morgan fingerprint density at radius 1 is 1.47 bits per heavy atom. The molecular formula is C11H12N2OS. The van der Waals surface area contributed by atoms with Crippen molar-refractivity contribution in [2.24, 2.45) is 0 Å². The molecule has 0 aliphatic carbocycles. The second-order valence-electron chi connectivity index (χ2n) is 3.19. The van der Waals surface area contributed by atoms with E-state index in [1.54, 1.807) is 0 Å². The maximum absolute atomic E-state index is 11.4. The van der Waals surface area contributed by atoms with Gasteiger partial charge in [-0.2, -0.15) is 5.26 Å². The van der Waals surface area contributed by atoms with Crippen molar-refractivity contribution < 1.29 is 4.79 Å². The van der Waals surface area contributed by atoms with Crippen LogP contribution < -0.4 is 5.32 Å². The maximum atomic E-state index is 11.4. The van der Waals surface area contributed by atoms with Crippen LogP contribution in [0, 0.1) is 24.5 Å². The molecule has 0 aromatic heterocycles. The summed E-state index contributed by atoms with van der Waals surface area (Å²) in [5, 5.41) is 13.0. The van der Waals surface area contributed by atoms with E-state index in [1.165, 1.54) is 0 Å². The molecule has 0 spiro atoms. The number of para-hydroxylation sites is 1. The number of rotatable bonds is 3. The minimum Gasteiger partial charge on any atom is -0.325 e. The number of aryl methyl sites for hydroxylation is 2. The number of hydrogen-bond donors (Lipinski definition) is 1. The first-order chi connectivity index (χ1) is 7.15. The summed E-state index contributed by atoms with van der Waals surface area (Å²) in [6.07, 6.45) is 0. The van der Waals surface area contributed by atoms with Gasteiger partial charge in [0.2, 0.25) is 5.91 Å². The molecule has 15 heavy (non-hydrogen) atoms. The number of hydrogen-bond acceptors (Lipinski definition) is 3. The topological polar surface area (TPSA) is 52.9 Å². The number of benzene rings is 1. The molecule has 0 atom stereocenters. The van der Waals surface area contributed by atoms with Crippen LogP contribution in [0.3, 0.4) is 0 Å². The summed E-state index contributed by atoms with van der Waals surface area (Å²) < 4.78 is 0. The Labute approximate surface area is 93.5 Å². The minimum atomic E-state index is -0.140. The van der Waals surface area contributed by atoms with E-state index in [0.29, 0.717) is 0 Å². The summed E-state index contributed by atoms with van der Waals surface area (Å²) in [4.78, 5) is 11.4. The first-order valence-electron chi connectivity index (χ1n) is 4.52. The molecule has 1 N–H and O–H groups in total. The Balaban J connectivity index is 2.73. The average Bonchev–Trinajstić information content (AvgIpc) is 2.21. The predicted octanol–water partition coefficient (Wildman–Crippen LogP) is 2.46. The van der Waals surface area contributed by atoms with E-state index in [2.05, 4.69) is 5.32 Å². The van der Waals surface area contributed by atoms with E-state index in [1.807, 2.05) is 37.4 Å². The van der Waals surface area contributed by atoms with Crippen LogP contribution in [0.25, 0.3) is 0 Å². The summed E-state index contributed by atoms with van der Waals surface area (Å²) in [5.74, 6) is 0.0310. The smallest absolute Gasteiger partial charge is 0.235 e. The number of carbonyl (C=O) groups is 1. The van der Waals surface area contributed by atoms with Gasteiger partial charge in [-0.25, -0.2) is 0 Å². The maximum Gasteiger partial charge on any atom is 0.235 e. The third-order valence-electron chi connectivity index (χ3n) is 2.01. The lowest BCUT2D eigenvalue weighted by Gasteiger charge is -2.10. The molecule has 0 saturated heterocycles. The molecule has 4 heteroatoms. The van der Waals surface area contributed by atoms with Crippen LogP contribution in [0.15, 0.2) is 18.2 Å². The zero-order valence-corrected chi connectivity index (χ0v) is 9.52. The van der Waals surface area contributed by atoms with Gasteiger partial charge in [0, 0.05) is 5.69 Å². The lowest BCUT2D eigenvalue weighted by molar-refractivity contribution is -0.113. The molecular weight excluding hydrogens is 208 g/mol. The molecule has 0 radical (unpaired) electrons.